The molecule has 0 bridgehead atoms. The normalized spacial score (nSPS) is 21.1. The van der Waals surface area contributed by atoms with Crippen LogP contribution in [0.15, 0.2) is 18.2 Å². The van der Waals surface area contributed by atoms with E-state index in [2.05, 4.69) is 0 Å². The minimum absolute atomic E-state index is 0.134. The summed E-state index contributed by atoms with van der Waals surface area (Å²) in [5.41, 5.74) is -0.0392. The third kappa shape index (κ3) is 3.32. The molecule has 110 valence electrons. The van der Waals surface area contributed by atoms with Gasteiger partial charge in [-0.25, -0.2) is 4.39 Å². The monoisotopic (exact) mass is 282 g/mol. The lowest BCUT2D eigenvalue weighted by atomic mass is 10.1. The molecule has 0 saturated carbocycles. The molecule has 1 aliphatic rings. The summed E-state index contributed by atoms with van der Waals surface area (Å²) in [6, 6.07) is 4.10. The van der Waals surface area contributed by atoms with E-state index in [-0.39, 0.29) is 23.8 Å². The highest BCUT2D eigenvalue weighted by molar-refractivity contribution is 5.40. The average Bonchev–Trinajstić information content (AvgIpc) is 2.78. The third-order valence-electron chi connectivity index (χ3n) is 3.76. The maximum atomic E-state index is 13.9. The Bertz CT molecular complexity index is 493. The molecule has 0 spiro atoms. The number of hydrogen-bond donors (Lipinski definition) is 1. The lowest BCUT2D eigenvalue weighted by Crippen LogP contribution is -2.32. The molecule has 1 aromatic carbocycles. The second-order valence-corrected chi connectivity index (χ2v) is 5.35. The maximum Gasteiger partial charge on any atom is 0.276 e. The maximum absolute atomic E-state index is 13.9. The van der Waals surface area contributed by atoms with E-state index in [0.717, 1.165) is 19.4 Å². The lowest BCUT2D eigenvalue weighted by Gasteiger charge is -2.25. The Morgan fingerprint density at radius 3 is 3.00 bits per heavy atom. The van der Waals surface area contributed by atoms with Crippen LogP contribution in [-0.4, -0.2) is 33.6 Å². The van der Waals surface area contributed by atoms with E-state index >= 15 is 0 Å². The largest absolute Gasteiger partial charge is 0.393 e. The number of nitro benzene ring substituents is 1. The Balaban J connectivity index is 2.19. The van der Waals surface area contributed by atoms with Crippen LogP contribution >= 0.6 is 0 Å². The molecular formula is C14H19FN2O3. The molecule has 0 aromatic heterocycles. The fourth-order valence-corrected chi connectivity index (χ4v) is 2.84. The predicted molar refractivity (Wildman–Crippen MR) is 72.8 cm³/mol. The lowest BCUT2D eigenvalue weighted by molar-refractivity contribution is -0.386. The van der Waals surface area contributed by atoms with E-state index in [9.17, 15) is 19.6 Å². The molecule has 1 aliphatic heterocycles. The molecule has 0 radical (unpaired) electrons. The number of aliphatic hydroxyl groups is 1. The molecule has 20 heavy (non-hydrogen) atoms. The Hall–Kier alpha value is -1.53. The molecule has 1 saturated heterocycles. The van der Waals surface area contributed by atoms with Gasteiger partial charge in [-0.05, 0) is 38.8 Å². The Labute approximate surface area is 117 Å². The smallest absolute Gasteiger partial charge is 0.276 e. The first-order chi connectivity index (χ1) is 9.49. The summed E-state index contributed by atoms with van der Waals surface area (Å²) in [6.45, 7) is 2.73. The molecule has 1 heterocycles. The number of hydrogen-bond acceptors (Lipinski definition) is 4. The first-order valence-electron chi connectivity index (χ1n) is 6.83. The standard InChI is InChI=1S/C14H19FN2O3/c1-10(18)8-11-4-3-7-16(11)9-12-13(15)5-2-6-14(12)17(19)20/h2,5-6,10-11,18H,3-4,7-9H2,1H3. The molecule has 5 nitrogen and oxygen atoms in total. The number of nitrogens with zero attached hydrogens (tertiary/aromatic N) is 2. The van der Waals surface area contributed by atoms with Crippen LogP contribution in [0.25, 0.3) is 0 Å². The Morgan fingerprint density at radius 2 is 2.35 bits per heavy atom. The summed E-state index contributed by atoms with van der Waals surface area (Å²) in [6.07, 6.45) is 2.10. The van der Waals surface area contributed by atoms with Crippen LogP contribution in [0.2, 0.25) is 0 Å². The van der Waals surface area contributed by atoms with E-state index in [4.69, 9.17) is 0 Å². The highest BCUT2D eigenvalue weighted by Crippen LogP contribution is 2.28. The fraction of sp³-hybridized carbons (Fsp3) is 0.571. The average molecular weight is 282 g/mol. The molecule has 6 heteroatoms. The van der Waals surface area contributed by atoms with E-state index < -0.39 is 16.8 Å². The van der Waals surface area contributed by atoms with Crippen molar-refractivity contribution in [3.8, 4) is 0 Å². The van der Waals surface area contributed by atoms with Crippen molar-refractivity contribution in [3.63, 3.8) is 0 Å². The molecule has 1 aromatic rings. The van der Waals surface area contributed by atoms with Crippen molar-refractivity contribution in [2.45, 2.75) is 44.9 Å². The fourth-order valence-electron chi connectivity index (χ4n) is 2.84. The van der Waals surface area contributed by atoms with Gasteiger partial charge in [0.2, 0.25) is 0 Å². The summed E-state index contributed by atoms with van der Waals surface area (Å²) in [5, 5.41) is 20.5. The van der Waals surface area contributed by atoms with Crippen LogP contribution in [0.4, 0.5) is 10.1 Å². The van der Waals surface area contributed by atoms with E-state index in [1.54, 1.807) is 6.92 Å². The van der Waals surface area contributed by atoms with Gasteiger partial charge in [-0.2, -0.15) is 0 Å². The predicted octanol–water partition coefficient (Wildman–Crippen LogP) is 2.47. The highest BCUT2D eigenvalue weighted by atomic mass is 19.1. The first-order valence-corrected chi connectivity index (χ1v) is 6.83. The van der Waals surface area contributed by atoms with Gasteiger partial charge in [0.25, 0.3) is 5.69 Å². The van der Waals surface area contributed by atoms with Crippen LogP contribution in [0.5, 0.6) is 0 Å². The second-order valence-electron chi connectivity index (χ2n) is 5.35. The quantitative estimate of drug-likeness (QED) is 0.665. The summed E-state index contributed by atoms with van der Waals surface area (Å²) in [4.78, 5) is 12.5. The molecule has 1 N–H and O–H groups in total. The van der Waals surface area contributed by atoms with Crippen molar-refractivity contribution in [1.82, 2.24) is 4.90 Å². The van der Waals surface area contributed by atoms with Gasteiger partial charge in [0.05, 0.1) is 16.6 Å². The molecule has 1 fully saturated rings. The third-order valence-corrected chi connectivity index (χ3v) is 3.76. The van der Waals surface area contributed by atoms with Crippen LogP contribution in [0, 0.1) is 15.9 Å². The number of likely N-dealkylation sites (tertiary alicyclic amines) is 1. The van der Waals surface area contributed by atoms with Crippen molar-refractivity contribution in [1.29, 1.82) is 0 Å². The second kappa shape index (κ2) is 6.28. The number of aliphatic hydroxyl groups excluding tert-OH is 1. The molecule has 0 amide bonds. The number of halogens is 1. The molecule has 2 unspecified atom stereocenters. The van der Waals surface area contributed by atoms with Gasteiger partial charge >= 0.3 is 0 Å². The topological polar surface area (TPSA) is 66.6 Å². The van der Waals surface area contributed by atoms with E-state index in [1.807, 2.05) is 4.90 Å². The van der Waals surface area contributed by atoms with Crippen LogP contribution in [0.3, 0.4) is 0 Å². The number of nitro groups is 1. The first kappa shape index (κ1) is 14.9. The van der Waals surface area contributed by atoms with Crippen LogP contribution in [-0.2, 0) is 6.54 Å². The van der Waals surface area contributed by atoms with Crippen molar-refractivity contribution in [2.24, 2.45) is 0 Å². The minimum atomic E-state index is -0.543. The zero-order valence-electron chi connectivity index (χ0n) is 11.5. The SMILES string of the molecule is CC(O)CC1CCCN1Cc1c(F)cccc1[N+](=O)[O-]. The molecule has 2 rings (SSSR count). The highest BCUT2D eigenvalue weighted by Gasteiger charge is 2.29. The molecule has 2 atom stereocenters. The van der Waals surface area contributed by atoms with Crippen molar-refractivity contribution in [2.75, 3.05) is 6.54 Å². The van der Waals surface area contributed by atoms with E-state index in [1.165, 1.54) is 18.2 Å². The van der Waals surface area contributed by atoms with Gasteiger partial charge in [-0.15, -0.1) is 0 Å². The van der Waals surface area contributed by atoms with Gasteiger partial charge in [-0.1, -0.05) is 6.07 Å². The Kier molecular flexibility index (Phi) is 4.67. The van der Waals surface area contributed by atoms with Gasteiger partial charge < -0.3 is 5.11 Å². The summed E-state index contributed by atoms with van der Waals surface area (Å²) in [7, 11) is 0. The Morgan fingerprint density at radius 1 is 1.60 bits per heavy atom. The van der Waals surface area contributed by atoms with Crippen molar-refractivity contribution >= 4 is 5.69 Å². The van der Waals surface area contributed by atoms with Gasteiger partial charge in [-0.3, -0.25) is 15.0 Å². The van der Waals surface area contributed by atoms with Crippen molar-refractivity contribution < 1.29 is 14.4 Å². The van der Waals surface area contributed by atoms with Crippen molar-refractivity contribution in [3.05, 3.63) is 39.7 Å². The summed E-state index contributed by atoms with van der Waals surface area (Å²) in [5.74, 6) is -0.540. The number of benzene rings is 1. The zero-order chi connectivity index (χ0) is 14.7. The molecular weight excluding hydrogens is 263 g/mol. The minimum Gasteiger partial charge on any atom is -0.393 e. The summed E-state index contributed by atoms with van der Waals surface area (Å²) < 4.78 is 13.9. The van der Waals surface area contributed by atoms with Gasteiger partial charge in [0.1, 0.15) is 5.82 Å². The van der Waals surface area contributed by atoms with Gasteiger partial charge in [0, 0.05) is 18.7 Å². The molecule has 0 aliphatic carbocycles. The zero-order valence-corrected chi connectivity index (χ0v) is 11.5. The van der Waals surface area contributed by atoms with Crippen LogP contribution < -0.4 is 0 Å². The van der Waals surface area contributed by atoms with Gasteiger partial charge in [0.15, 0.2) is 0 Å². The van der Waals surface area contributed by atoms with E-state index in [0.29, 0.717) is 6.42 Å². The summed E-state index contributed by atoms with van der Waals surface area (Å²) >= 11 is 0. The van der Waals surface area contributed by atoms with Crippen LogP contribution in [0.1, 0.15) is 31.7 Å². The number of rotatable bonds is 5.